The number of aromatic nitrogens is 2. The van der Waals surface area contributed by atoms with Gasteiger partial charge >= 0.3 is 0 Å². The average Bonchev–Trinajstić information content (AvgIpc) is 2.99. The molecule has 5 nitrogen and oxygen atoms in total. The highest BCUT2D eigenvalue weighted by Crippen LogP contribution is 2.23. The molecule has 0 bridgehead atoms. The summed E-state index contributed by atoms with van der Waals surface area (Å²) in [5.74, 6) is -0.657. The molecule has 0 saturated heterocycles. The Morgan fingerprint density at radius 3 is 2.48 bits per heavy atom. The maximum Gasteiger partial charge on any atom is 0.279 e. The van der Waals surface area contributed by atoms with Crippen molar-refractivity contribution in [1.82, 2.24) is 9.78 Å². The van der Waals surface area contributed by atoms with Crippen LogP contribution in [0.15, 0.2) is 53.5 Å². The van der Waals surface area contributed by atoms with Crippen LogP contribution in [0.4, 0.5) is 0 Å². The predicted molar refractivity (Wildman–Crippen MR) is 97.8 cm³/mol. The van der Waals surface area contributed by atoms with Gasteiger partial charge in [0.25, 0.3) is 5.91 Å². The fraction of sp³-hybridized carbons (Fsp3) is 0.0588. The summed E-state index contributed by atoms with van der Waals surface area (Å²) in [5, 5.41) is 5.26. The number of carbonyl (C=O) groups excluding carboxylic acids is 2. The Balaban J connectivity index is 2.17. The molecule has 1 aromatic heterocycles. The number of ketones is 1. The van der Waals surface area contributed by atoms with Crippen molar-refractivity contribution >= 4 is 46.2 Å². The van der Waals surface area contributed by atoms with Gasteiger partial charge in [-0.3, -0.25) is 9.59 Å². The van der Waals surface area contributed by atoms with Gasteiger partial charge in [-0.25, -0.2) is 4.68 Å². The summed E-state index contributed by atoms with van der Waals surface area (Å²) < 4.78 is 1.38. The molecule has 0 aliphatic carbocycles. The van der Waals surface area contributed by atoms with Gasteiger partial charge in [0, 0.05) is 17.5 Å². The standard InChI is InChI=1S/C17H11Cl2N3O2S/c1-10(23)16-21-22(14-8-7-12(18)9-13(14)19)17(25-16)20-15(24)11-5-3-2-4-6-11/h2-9H,1H3. The Morgan fingerprint density at radius 2 is 1.84 bits per heavy atom. The van der Waals surface area contributed by atoms with Gasteiger partial charge in [0.15, 0.2) is 10.8 Å². The highest BCUT2D eigenvalue weighted by molar-refractivity contribution is 7.11. The molecule has 0 atom stereocenters. The Kier molecular flexibility index (Phi) is 5.13. The number of benzene rings is 2. The van der Waals surface area contributed by atoms with E-state index < -0.39 is 5.91 Å². The molecule has 0 spiro atoms. The first-order chi connectivity index (χ1) is 12.0. The molecule has 0 radical (unpaired) electrons. The van der Waals surface area contributed by atoms with Crippen LogP contribution in [0.1, 0.15) is 27.1 Å². The van der Waals surface area contributed by atoms with E-state index in [9.17, 15) is 9.59 Å². The van der Waals surface area contributed by atoms with E-state index in [1.165, 1.54) is 11.6 Å². The summed E-state index contributed by atoms with van der Waals surface area (Å²) in [4.78, 5) is 28.4. The third kappa shape index (κ3) is 3.87. The van der Waals surface area contributed by atoms with Gasteiger partial charge in [-0.05, 0) is 30.3 Å². The van der Waals surface area contributed by atoms with Crippen LogP contribution < -0.4 is 4.80 Å². The lowest BCUT2D eigenvalue weighted by atomic mass is 10.2. The maximum atomic E-state index is 12.4. The Hall–Kier alpha value is -2.28. The molecule has 0 saturated carbocycles. The number of amides is 1. The normalized spacial score (nSPS) is 11.6. The molecule has 0 fully saturated rings. The van der Waals surface area contributed by atoms with Crippen LogP contribution in [0.3, 0.4) is 0 Å². The SMILES string of the molecule is CC(=O)c1nn(-c2ccc(Cl)cc2Cl)c(=NC(=O)c2ccccc2)s1. The third-order valence-electron chi connectivity index (χ3n) is 3.22. The number of Topliss-reactive ketones (excluding diaryl/α,β-unsaturated/α-hetero) is 1. The van der Waals surface area contributed by atoms with Crippen molar-refractivity contribution in [1.29, 1.82) is 0 Å². The smallest absolute Gasteiger partial charge is 0.279 e. The van der Waals surface area contributed by atoms with Gasteiger partial charge in [0.2, 0.25) is 4.80 Å². The highest BCUT2D eigenvalue weighted by Gasteiger charge is 2.14. The van der Waals surface area contributed by atoms with Gasteiger partial charge in [0.1, 0.15) is 0 Å². The summed E-state index contributed by atoms with van der Waals surface area (Å²) >= 11 is 13.2. The van der Waals surface area contributed by atoms with Crippen LogP contribution in [-0.4, -0.2) is 21.5 Å². The molecule has 0 aliphatic heterocycles. The molecule has 0 unspecified atom stereocenters. The zero-order valence-corrected chi connectivity index (χ0v) is 15.3. The second kappa shape index (κ2) is 7.31. The number of nitrogens with zero attached hydrogens (tertiary/aromatic N) is 3. The zero-order valence-electron chi connectivity index (χ0n) is 12.9. The molecule has 0 aliphatic rings. The van der Waals surface area contributed by atoms with Crippen molar-refractivity contribution < 1.29 is 9.59 Å². The second-order valence-electron chi connectivity index (χ2n) is 5.04. The van der Waals surface area contributed by atoms with E-state index >= 15 is 0 Å². The summed E-state index contributed by atoms with van der Waals surface area (Å²) in [5.41, 5.74) is 0.920. The molecular formula is C17H11Cl2N3O2S. The van der Waals surface area contributed by atoms with Crippen LogP contribution in [-0.2, 0) is 0 Å². The summed E-state index contributed by atoms with van der Waals surface area (Å²) in [7, 11) is 0. The van der Waals surface area contributed by atoms with Crippen molar-refractivity contribution in [2.75, 3.05) is 0 Å². The zero-order chi connectivity index (χ0) is 18.0. The molecule has 8 heteroatoms. The quantitative estimate of drug-likeness (QED) is 0.628. The van der Waals surface area contributed by atoms with Crippen molar-refractivity contribution in [3.05, 3.63) is 73.9 Å². The fourth-order valence-corrected chi connectivity index (χ4v) is 3.32. The van der Waals surface area contributed by atoms with Crippen LogP contribution in [0.25, 0.3) is 5.69 Å². The van der Waals surface area contributed by atoms with E-state index in [1.807, 2.05) is 6.07 Å². The lowest BCUT2D eigenvalue weighted by Gasteiger charge is -2.04. The van der Waals surface area contributed by atoms with Crippen LogP contribution in [0.5, 0.6) is 0 Å². The van der Waals surface area contributed by atoms with Crippen LogP contribution >= 0.6 is 34.5 Å². The van der Waals surface area contributed by atoms with E-state index in [4.69, 9.17) is 23.2 Å². The highest BCUT2D eigenvalue weighted by atomic mass is 35.5. The van der Waals surface area contributed by atoms with E-state index in [0.717, 1.165) is 11.3 Å². The van der Waals surface area contributed by atoms with Crippen molar-refractivity contribution in [2.45, 2.75) is 6.92 Å². The van der Waals surface area contributed by atoms with Gasteiger partial charge in [-0.1, -0.05) is 52.7 Å². The summed E-state index contributed by atoms with van der Waals surface area (Å²) in [6.45, 7) is 1.40. The minimum Gasteiger partial charge on any atom is -0.292 e. The van der Waals surface area contributed by atoms with Crippen LogP contribution in [0.2, 0.25) is 10.0 Å². The fourth-order valence-electron chi connectivity index (χ4n) is 2.04. The molecule has 3 aromatic rings. The average molecular weight is 392 g/mol. The molecular weight excluding hydrogens is 381 g/mol. The van der Waals surface area contributed by atoms with E-state index in [-0.39, 0.29) is 15.6 Å². The second-order valence-corrected chi connectivity index (χ2v) is 6.84. The first kappa shape index (κ1) is 17.5. The minimum absolute atomic E-state index is 0.225. The maximum absolute atomic E-state index is 12.4. The van der Waals surface area contributed by atoms with E-state index in [0.29, 0.717) is 21.3 Å². The largest absolute Gasteiger partial charge is 0.292 e. The van der Waals surface area contributed by atoms with Crippen molar-refractivity contribution in [3.63, 3.8) is 0 Å². The Bertz CT molecular complexity index is 1030. The summed E-state index contributed by atoms with van der Waals surface area (Å²) in [6, 6.07) is 13.5. The number of hydrogen-bond acceptors (Lipinski definition) is 4. The number of halogens is 2. The van der Waals surface area contributed by atoms with E-state index in [1.54, 1.807) is 42.5 Å². The number of rotatable bonds is 3. The molecule has 3 rings (SSSR count). The molecule has 2 aromatic carbocycles. The minimum atomic E-state index is -0.432. The van der Waals surface area contributed by atoms with Gasteiger partial charge in [0.05, 0.1) is 10.7 Å². The van der Waals surface area contributed by atoms with E-state index in [2.05, 4.69) is 10.1 Å². The molecule has 0 N–H and O–H groups in total. The Morgan fingerprint density at radius 1 is 1.12 bits per heavy atom. The van der Waals surface area contributed by atoms with Crippen molar-refractivity contribution in [3.8, 4) is 5.69 Å². The predicted octanol–water partition coefficient (Wildman–Crippen LogP) is 4.18. The van der Waals surface area contributed by atoms with Gasteiger partial charge in [-0.15, -0.1) is 0 Å². The Labute approximate surface area is 157 Å². The number of hydrogen-bond donors (Lipinski definition) is 0. The lowest BCUT2D eigenvalue weighted by molar-refractivity contribution is 0.0994. The molecule has 1 amide bonds. The van der Waals surface area contributed by atoms with Crippen LogP contribution in [0, 0.1) is 0 Å². The van der Waals surface area contributed by atoms with Crippen molar-refractivity contribution in [2.24, 2.45) is 4.99 Å². The first-order valence-electron chi connectivity index (χ1n) is 7.16. The molecule has 25 heavy (non-hydrogen) atoms. The monoisotopic (exact) mass is 391 g/mol. The number of carbonyl (C=O) groups is 2. The first-order valence-corrected chi connectivity index (χ1v) is 8.73. The summed E-state index contributed by atoms with van der Waals surface area (Å²) in [6.07, 6.45) is 0. The van der Waals surface area contributed by atoms with Gasteiger partial charge < -0.3 is 0 Å². The topological polar surface area (TPSA) is 64.3 Å². The molecule has 1 heterocycles. The lowest BCUT2D eigenvalue weighted by Crippen LogP contribution is -2.17. The third-order valence-corrected chi connectivity index (χ3v) is 4.76. The van der Waals surface area contributed by atoms with Gasteiger partial charge in [-0.2, -0.15) is 10.1 Å². The molecule has 126 valence electrons.